The highest BCUT2D eigenvalue weighted by atomic mass is 32.2. The molecule has 0 bridgehead atoms. The Morgan fingerprint density at radius 2 is 2.44 bits per heavy atom. The third-order valence-electron chi connectivity index (χ3n) is 1.58. The van der Waals surface area contributed by atoms with Crippen LogP contribution in [-0.4, -0.2) is 30.1 Å². The van der Waals surface area contributed by atoms with Crippen molar-refractivity contribution >= 4 is 11.8 Å². The maximum absolute atomic E-state index is 5.78. The van der Waals surface area contributed by atoms with Crippen molar-refractivity contribution in [3.8, 4) is 0 Å². The Balaban J connectivity index is 2.22. The molecule has 2 unspecified atom stereocenters. The van der Waals surface area contributed by atoms with Crippen LogP contribution >= 0.6 is 11.8 Å². The molecule has 0 saturated carbocycles. The van der Waals surface area contributed by atoms with Crippen molar-refractivity contribution in [3.05, 3.63) is 0 Å². The summed E-state index contributed by atoms with van der Waals surface area (Å²) in [6.45, 7) is 4.27. The highest BCUT2D eigenvalue weighted by Gasteiger charge is 2.22. The lowest BCUT2D eigenvalue weighted by atomic mass is 10.3. The van der Waals surface area contributed by atoms with Crippen molar-refractivity contribution in [1.82, 2.24) is 5.32 Å². The Morgan fingerprint density at radius 1 is 1.67 bits per heavy atom. The summed E-state index contributed by atoms with van der Waals surface area (Å²) in [5, 5.41) is 3.92. The van der Waals surface area contributed by atoms with E-state index >= 15 is 0 Å². The van der Waals surface area contributed by atoms with Crippen molar-refractivity contribution in [2.24, 2.45) is 5.73 Å². The van der Waals surface area contributed by atoms with E-state index < -0.39 is 0 Å². The zero-order valence-corrected chi connectivity index (χ0v) is 6.58. The molecule has 0 aromatic heterocycles. The van der Waals surface area contributed by atoms with Crippen molar-refractivity contribution in [1.29, 1.82) is 0 Å². The van der Waals surface area contributed by atoms with Gasteiger partial charge in [-0.25, -0.2) is 0 Å². The largest absolute Gasteiger partial charge is 0.326 e. The van der Waals surface area contributed by atoms with Gasteiger partial charge in [0.2, 0.25) is 0 Å². The van der Waals surface area contributed by atoms with E-state index in [4.69, 9.17) is 5.73 Å². The molecule has 2 nitrogen and oxygen atoms in total. The Bertz CT molecular complexity index is 87.1. The van der Waals surface area contributed by atoms with Gasteiger partial charge in [0.15, 0.2) is 0 Å². The van der Waals surface area contributed by atoms with Crippen LogP contribution in [0.2, 0.25) is 0 Å². The Labute approximate surface area is 60.6 Å². The van der Waals surface area contributed by atoms with Crippen LogP contribution in [0.3, 0.4) is 0 Å². The lowest BCUT2D eigenvalue weighted by molar-refractivity contribution is 0.751. The van der Waals surface area contributed by atoms with Gasteiger partial charge < -0.3 is 11.1 Å². The van der Waals surface area contributed by atoms with E-state index in [0.29, 0.717) is 11.3 Å². The molecule has 1 aliphatic heterocycles. The van der Waals surface area contributed by atoms with Gasteiger partial charge in [0.1, 0.15) is 0 Å². The average molecular weight is 146 g/mol. The maximum atomic E-state index is 5.78. The topological polar surface area (TPSA) is 38.0 Å². The molecule has 0 amide bonds. The summed E-state index contributed by atoms with van der Waals surface area (Å²) in [5.41, 5.74) is 5.78. The average Bonchev–Trinajstić information content (AvgIpc) is 2.18. The quantitative estimate of drug-likeness (QED) is 0.577. The summed E-state index contributed by atoms with van der Waals surface area (Å²) in [6.07, 6.45) is 0. The Kier molecular flexibility index (Phi) is 2.82. The lowest BCUT2D eigenvalue weighted by Crippen LogP contribution is -2.30. The van der Waals surface area contributed by atoms with Gasteiger partial charge in [0.25, 0.3) is 0 Å². The first-order chi connectivity index (χ1) is 4.34. The molecule has 2 atom stereocenters. The molecule has 3 N–H and O–H groups in total. The van der Waals surface area contributed by atoms with E-state index in [-0.39, 0.29) is 0 Å². The fourth-order valence-corrected chi connectivity index (χ4v) is 2.08. The first-order valence-electron chi connectivity index (χ1n) is 3.42. The molecular formula is C6H14N2S. The minimum Gasteiger partial charge on any atom is -0.326 e. The third kappa shape index (κ3) is 1.85. The zero-order valence-electron chi connectivity index (χ0n) is 5.76. The molecule has 0 radical (unpaired) electrons. The van der Waals surface area contributed by atoms with E-state index in [1.54, 1.807) is 0 Å². The maximum Gasteiger partial charge on any atom is 0.0336 e. The van der Waals surface area contributed by atoms with E-state index in [2.05, 4.69) is 12.2 Å². The molecule has 0 aromatic carbocycles. The molecule has 0 aromatic rings. The summed E-state index contributed by atoms with van der Waals surface area (Å²) >= 11 is 1.96. The van der Waals surface area contributed by atoms with Crippen LogP contribution in [0.5, 0.6) is 0 Å². The van der Waals surface area contributed by atoms with Crippen LogP contribution in [0.25, 0.3) is 0 Å². The smallest absolute Gasteiger partial charge is 0.0336 e. The number of hydrogen-bond donors (Lipinski definition) is 2. The van der Waals surface area contributed by atoms with Gasteiger partial charge in [-0.15, -0.1) is 0 Å². The Hall–Kier alpha value is 0.270. The number of nitrogens with two attached hydrogens (primary N) is 1. The predicted molar refractivity (Wildman–Crippen MR) is 42.8 cm³/mol. The van der Waals surface area contributed by atoms with Crippen LogP contribution < -0.4 is 11.1 Å². The highest BCUT2D eigenvalue weighted by molar-refractivity contribution is 7.99. The van der Waals surface area contributed by atoms with Gasteiger partial charge in [-0.3, -0.25) is 0 Å². The van der Waals surface area contributed by atoms with Crippen molar-refractivity contribution in [3.63, 3.8) is 0 Å². The summed E-state index contributed by atoms with van der Waals surface area (Å²) in [4.78, 5) is 0. The molecule has 1 rings (SSSR count). The van der Waals surface area contributed by atoms with Gasteiger partial charge in [-0.2, -0.15) is 11.8 Å². The molecule has 1 fully saturated rings. The van der Waals surface area contributed by atoms with Gasteiger partial charge in [0, 0.05) is 24.4 Å². The fraction of sp³-hybridized carbons (Fsp3) is 1.00. The molecule has 3 heteroatoms. The normalized spacial score (nSPS) is 35.3. The van der Waals surface area contributed by atoms with E-state index in [1.807, 2.05) is 11.8 Å². The first kappa shape index (κ1) is 7.38. The molecule has 54 valence electrons. The molecule has 1 aliphatic rings. The summed E-state index contributed by atoms with van der Waals surface area (Å²) in [7, 11) is 0. The van der Waals surface area contributed by atoms with Crippen LogP contribution in [-0.2, 0) is 0 Å². The second-order valence-electron chi connectivity index (χ2n) is 2.32. The minimum absolute atomic E-state index is 0.384. The molecule has 1 heterocycles. The number of rotatable bonds is 2. The third-order valence-corrected chi connectivity index (χ3v) is 2.86. The number of nitrogens with one attached hydrogen (secondary N) is 1. The summed E-state index contributed by atoms with van der Waals surface area (Å²) < 4.78 is 0. The van der Waals surface area contributed by atoms with Crippen LogP contribution in [0.1, 0.15) is 6.92 Å². The standard InChI is InChI=1S/C6H14N2S/c1-2-9-6-4-8-3-5(6)7/h5-6,8H,2-4,7H2,1H3. The van der Waals surface area contributed by atoms with Gasteiger partial charge in [0.05, 0.1) is 0 Å². The van der Waals surface area contributed by atoms with E-state index in [0.717, 1.165) is 13.1 Å². The second kappa shape index (κ2) is 3.44. The van der Waals surface area contributed by atoms with Gasteiger partial charge in [-0.1, -0.05) is 6.92 Å². The van der Waals surface area contributed by atoms with E-state index in [1.165, 1.54) is 5.75 Å². The molecule has 1 saturated heterocycles. The van der Waals surface area contributed by atoms with Crippen LogP contribution in [0.15, 0.2) is 0 Å². The molecule has 0 aliphatic carbocycles. The SMILES string of the molecule is CCSC1CNCC1N. The van der Waals surface area contributed by atoms with Gasteiger partial charge in [-0.05, 0) is 5.75 Å². The highest BCUT2D eigenvalue weighted by Crippen LogP contribution is 2.15. The first-order valence-corrected chi connectivity index (χ1v) is 4.47. The van der Waals surface area contributed by atoms with Crippen LogP contribution in [0, 0.1) is 0 Å². The van der Waals surface area contributed by atoms with Crippen LogP contribution in [0.4, 0.5) is 0 Å². The number of hydrogen-bond acceptors (Lipinski definition) is 3. The van der Waals surface area contributed by atoms with Crippen molar-refractivity contribution in [2.75, 3.05) is 18.8 Å². The number of thioether (sulfide) groups is 1. The van der Waals surface area contributed by atoms with Crippen molar-refractivity contribution < 1.29 is 0 Å². The van der Waals surface area contributed by atoms with Crippen molar-refractivity contribution in [2.45, 2.75) is 18.2 Å². The molecule has 0 spiro atoms. The van der Waals surface area contributed by atoms with E-state index in [9.17, 15) is 0 Å². The molecule has 9 heavy (non-hydrogen) atoms. The monoisotopic (exact) mass is 146 g/mol. The predicted octanol–water partition coefficient (Wildman–Crippen LogP) is 0.0386. The zero-order chi connectivity index (χ0) is 6.69. The minimum atomic E-state index is 0.384. The summed E-state index contributed by atoms with van der Waals surface area (Å²) in [6, 6.07) is 0.384. The van der Waals surface area contributed by atoms with Gasteiger partial charge >= 0.3 is 0 Å². The fourth-order valence-electron chi connectivity index (χ4n) is 1.07. The lowest BCUT2D eigenvalue weighted by Gasteiger charge is -2.10. The summed E-state index contributed by atoms with van der Waals surface area (Å²) in [5.74, 6) is 1.18. The molecular weight excluding hydrogens is 132 g/mol. The Morgan fingerprint density at radius 3 is 2.89 bits per heavy atom. The second-order valence-corrected chi connectivity index (χ2v) is 3.83.